The fraction of sp³-hybridized carbons (Fsp3) is 0.462. The van der Waals surface area contributed by atoms with Gasteiger partial charge in [-0.15, -0.1) is 0 Å². The van der Waals surface area contributed by atoms with Crippen LogP contribution in [0.1, 0.15) is 19.8 Å². The number of rotatable bonds is 1. The van der Waals surface area contributed by atoms with Crippen molar-refractivity contribution in [3.8, 4) is 0 Å². The van der Waals surface area contributed by atoms with Crippen molar-refractivity contribution in [3.63, 3.8) is 0 Å². The first kappa shape index (κ1) is 12.7. The van der Waals surface area contributed by atoms with Crippen molar-refractivity contribution < 1.29 is 0 Å². The Hall–Kier alpha value is -0.800. The van der Waals surface area contributed by atoms with E-state index in [-0.39, 0.29) is 0 Å². The minimum Gasteiger partial charge on any atom is -0.349 e. The van der Waals surface area contributed by atoms with Gasteiger partial charge in [-0.25, -0.2) is 0 Å². The van der Waals surface area contributed by atoms with E-state index in [0.717, 1.165) is 34.8 Å². The van der Waals surface area contributed by atoms with Crippen molar-refractivity contribution in [3.05, 3.63) is 29.3 Å². The third kappa shape index (κ3) is 3.58. The lowest BCUT2D eigenvalue weighted by molar-refractivity contribution is 0.283. The Kier molecular flexibility index (Phi) is 4.24. The minimum absolute atomic E-state index is 0.744. The number of thiocarbonyl (C=S) groups is 1. The molecule has 1 heterocycles. The zero-order valence-corrected chi connectivity index (χ0v) is 11.5. The lowest BCUT2D eigenvalue weighted by atomic mass is 10.00. The fourth-order valence-electron chi connectivity index (χ4n) is 1.95. The Morgan fingerprint density at radius 2 is 1.88 bits per heavy atom. The second-order valence-corrected chi connectivity index (χ2v) is 5.43. The van der Waals surface area contributed by atoms with E-state index in [1.165, 1.54) is 12.8 Å². The summed E-state index contributed by atoms with van der Waals surface area (Å²) in [5.41, 5.74) is 0.998. The van der Waals surface area contributed by atoms with Gasteiger partial charge < -0.3 is 10.2 Å². The van der Waals surface area contributed by atoms with Crippen LogP contribution < -0.4 is 5.32 Å². The fourth-order valence-corrected chi connectivity index (χ4v) is 2.37. The Bertz CT molecular complexity index is 383. The number of nitrogens with zero attached hydrogens (tertiary/aromatic N) is 1. The molecule has 1 saturated heterocycles. The monoisotopic (exact) mass is 268 g/mol. The van der Waals surface area contributed by atoms with Crippen molar-refractivity contribution in [1.29, 1.82) is 0 Å². The van der Waals surface area contributed by atoms with E-state index >= 15 is 0 Å². The first-order chi connectivity index (χ1) is 8.15. The molecular weight excluding hydrogens is 252 g/mol. The van der Waals surface area contributed by atoms with E-state index in [0.29, 0.717) is 0 Å². The number of nitrogens with one attached hydrogen (secondary N) is 1. The molecular formula is C13H17ClN2S. The predicted octanol–water partition coefficient (Wildman–Crippen LogP) is 3.77. The molecule has 0 saturated carbocycles. The summed E-state index contributed by atoms with van der Waals surface area (Å²) in [4.78, 5) is 2.24. The molecule has 4 heteroatoms. The van der Waals surface area contributed by atoms with Gasteiger partial charge in [0.25, 0.3) is 0 Å². The van der Waals surface area contributed by atoms with Crippen LogP contribution in [0, 0.1) is 5.92 Å². The average molecular weight is 269 g/mol. The van der Waals surface area contributed by atoms with Crippen LogP contribution in [-0.2, 0) is 0 Å². The summed E-state index contributed by atoms with van der Waals surface area (Å²) in [7, 11) is 0. The van der Waals surface area contributed by atoms with Crippen molar-refractivity contribution >= 4 is 34.6 Å². The van der Waals surface area contributed by atoms with Crippen LogP contribution in [0.15, 0.2) is 24.3 Å². The number of anilines is 1. The van der Waals surface area contributed by atoms with E-state index in [2.05, 4.69) is 17.1 Å². The molecule has 1 fully saturated rings. The summed E-state index contributed by atoms with van der Waals surface area (Å²) in [6, 6.07) is 7.62. The first-order valence-corrected chi connectivity index (χ1v) is 6.75. The van der Waals surface area contributed by atoms with Gasteiger partial charge in [0.1, 0.15) is 0 Å². The van der Waals surface area contributed by atoms with Gasteiger partial charge in [0.05, 0.1) is 0 Å². The molecule has 1 aliphatic rings. The van der Waals surface area contributed by atoms with Crippen molar-refractivity contribution in [2.24, 2.45) is 5.92 Å². The molecule has 0 aliphatic carbocycles. The lowest BCUT2D eigenvalue weighted by Gasteiger charge is -2.32. The number of piperidine rings is 1. The molecule has 1 aliphatic heterocycles. The summed E-state index contributed by atoms with van der Waals surface area (Å²) in [5, 5.41) is 4.81. The summed E-state index contributed by atoms with van der Waals surface area (Å²) >= 11 is 11.3. The van der Waals surface area contributed by atoms with Gasteiger partial charge in [-0.2, -0.15) is 0 Å². The molecule has 0 bridgehead atoms. The zero-order valence-electron chi connectivity index (χ0n) is 9.95. The Balaban J connectivity index is 1.90. The van der Waals surface area contributed by atoms with Crippen LogP contribution in [0.5, 0.6) is 0 Å². The summed E-state index contributed by atoms with van der Waals surface area (Å²) in [5.74, 6) is 0.824. The highest BCUT2D eigenvalue weighted by molar-refractivity contribution is 7.80. The smallest absolute Gasteiger partial charge is 0.173 e. The van der Waals surface area contributed by atoms with Gasteiger partial charge >= 0.3 is 0 Å². The highest BCUT2D eigenvalue weighted by Crippen LogP contribution is 2.18. The second kappa shape index (κ2) is 5.69. The van der Waals surface area contributed by atoms with Gasteiger partial charge in [-0.3, -0.25) is 0 Å². The van der Waals surface area contributed by atoms with E-state index in [1.807, 2.05) is 24.3 Å². The summed E-state index contributed by atoms with van der Waals surface area (Å²) < 4.78 is 0. The predicted molar refractivity (Wildman–Crippen MR) is 77.6 cm³/mol. The van der Waals surface area contributed by atoms with E-state index in [4.69, 9.17) is 23.8 Å². The molecule has 2 rings (SSSR count). The molecule has 0 atom stereocenters. The normalized spacial score (nSPS) is 16.9. The molecule has 0 aromatic heterocycles. The van der Waals surface area contributed by atoms with Gasteiger partial charge in [0.15, 0.2) is 5.11 Å². The maximum Gasteiger partial charge on any atom is 0.173 e. The molecule has 1 aromatic carbocycles. The molecule has 1 N–H and O–H groups in total. The summed E-state index contributed by atoms with van der Waals surface area (Å²) in [6.07, 6.45) is 2.45. The number of benzene rings is 1. The largest absolute Gasteiger partial charge is 0.349 e. The molecule has 2 nitrogen and oxygen atoms in total. The van der Waals surface area contributed by atoms with Crippen molar-refractivity contribution in [1.82, 2.24) is 4.90 Å². The quantitative estimate of drug-likeness (QED) is 0.781. The lowest BCUT2D eigenvalue weighted by Crippen LogP contribution is -2.40. The average Bonchev–Trinajstić information content (AvgIpc) is 2.33. The molecule has 0 unspecified atom stereocenters. The molecule has 17 heavy (non-hydrogen) atoms. The topological polar surface area (TPSA) is 15.3 Å². The highest BCUT2D eigenvalue weighted by atomic mass is 35.5. The summed E-state index contributed by atoms with van der Waals surface area (Å²) in [6.45, 7) is 4.41. The molecule has 0 amide bonds. The van der Waals surface area contributed by atoms with Crippen molar-refractivity contribution in [2.75, 3.05) is 18.4 Å². The zero-order chi connectivity index (χ0) is 12.3. The Labute approximate surface area is 113 Å². The minimum atomic E-state index is 0.744. The van der Waals surface area contributed by atoms with Crippen LogP contribution in [0.2, 0.25) is 5.02 Å². The SMILES string of the molecule is CC1CCN(C(=S)Nc2ccc(Cl)cc2)CC1. The van der Waals surface area contributed by atoms with E-state index < -0.39 is 0 Å². The van der Waals surface area contributed by atoms with E-state index in [9.17, 15) is 0 Å². The van der Waals surface area contributed by atoms with Crippen LogP contribution in [0.25, 0.3) is 0 Å². The van der Waals surface area contributed by atoms with Gasteiger partial charge in [0.2, 0.25) is 0 Å². The third-order valence-corrected chi connectivity index (χ3v) is 3.78. The van der Waals surface area contributed by atoms with Crippen LogP contribution in [-0.4, -0.2) is 23.1 Å². The highest BCUT2D eigenvalue weighted by Gasteiger charge is 2.17. The van der Waals surface area contributed by atoms with Gasteiger partial charge in [-0.05, 0) is 55.2 Å². The third-order valence-electron chi connectivity index (χ3n) is 3.17. The molecule has 92 valence electrons. The number of halogens is 1. The van der Waals surface area contributed by atoms with Gasteiger partial charge in [0, 0.05) is 23.8 Å². The number of hydrogen-bond acceptors (Lipinski definition) is 1. The standard InChI is InChI=1S/C13H17ClN2S/c1-10-6-8-16(9-7-10)13(17)15-12-4-2-11(14)3-5-12/h2-5,10H,6-9H2,1H3,(H,15,17). The maximum atomic E-state index is 5.84. The molecule has 1 aromatic rings. The number of likely N-dealkylation sites (tertiary alicyclic amines) is 1. The first-order valence-electron chi connectivity index (χ1n) is 5.96. The van der Waals surface area contributed by atoms with Crippen LogP contribution >= 0.6 is 23.8 Å². The van der Waals surface area contributed by atoms with Gasteiger partial charge in [-0.1, -0.05) is 18.5 Å². The Morgan fingerprint density at radius 3 is 2.47 bits per heavy atom. The van der Waals surface area contributed by atoms with E-state index in [1.54, 1.807) is 0 Å². The molecule has 0 radical (unpaired) electrons. The maximum absolute atomic E-state index is 5.84. The van der Waals surface area contributed by atoms with Crippen LogP contribution in [0.4, 0.5) is 5.69 Å². The Morgan fingerprint density at radius 1 is 1.29 bits per heavy atom. The second-order valence-electron chi connectivity index (χ2n) is 4.61. The van der Waals surface area contributed by atoms with Crippen molar-refractivity contribution in [2.45, 2.75) is 19.8 Å². The number of hydrogen-bond donors (Lipinski definition) is 1. The molecule has 0 spiro atoms. The van der Waals surface area contributed by atoms with Crippen LogP contribution in [0.3, 0.4) is 0 Å².